The Hall–Kier alpha value is -3.37. The Morgan fingerprint density at radius 3 is 2.26 bits per heavy atom. The molecule has 0 bridgehead atoms. The number of Topliss-reactive ketones (excluding diaryl/α,β-unsaturated/α-hetero) is 2. The van der Waals surface area contributed by atoms with Gasteiger partial charge in [-0.2, -0.15) is 0 Å². The molecule has 1 saturated heterocycles. The highest BCUT2D eigenvalue weighted by Crippen LogP contribution is 2.44. The van der Waals surface area contributed by atoms with E-state index in [1.54, 1.807) is 13.8 Å². The van der Waals surface area contributed by atoms with Crippen LogP contribution < -0.4 is 0 Å². The van der Waals surface area contributed by atoms with Crippen molar-refractivity contribution >= 4 is 11.6 Å². The van der Waals surface area contributed by atoms with Crippen molar-refractivity contribution in [2.75, 3.05) is 13.1 Å². The van der Waals surface area contributed by atoms with E-state index in [0.29, 0.717) is 37.6 Å². The van der Waals surface area contributed by atoms with Crippen LogP contribution in [0.4, 0.5) is 17.6 Å². The number of halogens is 4. The molecule has 3 aromatic rings. The molecule has 1 saturated carbocycles. The van der Waals surface area contributed by atoms with E-state index in [2.05, 4.69) is 10.1 Å². The third kappa shape index (κ3) is 7.07. The van der Waals surface area contributed by atoms with Crippen molar-refractivity contribution in [1.82, 2.24) is 10.1 Å². The van der Waals surface area contributed by atoms with Gasteiger partial charge in [-0.05, 0) is 67.9 Å². The predicted octanol–water partition coefficient (Wildman–Crippen LogP) is 6.79. The summed E-state index contributed by atoms with van der Waals surface area (Å²) >= 11 is 0. The second-order valence-corrected chi connectivity index (χ2v) is 13.4. The summed E-state index contributed by atoms with van der Waals surface area (Å²) in [6.07, 6.45) is 3.04. The second kappa shape index (κ2) is 11.6. The van der Waals surface area contributed by atoms with E-state index in [1.165, 1.54) is 24.3 Å². The first kappa shape index (κ1) is 31.1. The molecular weight excluding hydrogens is 564 g/mol. The van der Waals surface area contributed by atoms with E-state index in [4.69, 9.17) is 4.52 Å². The lowest BCUT2D eigenvalue weighted by Crippen LogP contribution is -2.62. The number of aromatic nitrogens is 1. The number of hydrogen-bond acceptors (Lipinski definition) is 6. The quantitative estimate of drug-likeness (QED) is 0.204. The molecule has 10 heteroatoms. The standard InChI is InChI=1S/C33H36F4N2O4/c1-31(2,20-10-22(35)12-23(36)11-20)15-25(40)16-33(18-39(19-33)24-6-8-32(3,42)9-7-24)17-29(41)28-14-30(43-38-28)26-5-4-21(34)13-27(26)37/h4-5,10-14,24,42H,6-9,15-19H2,1-3H3. The Balaban J connectivity index is 1.32. The molecule has 2 aromatic carbocycles. The zero-order valence-corrected chi connectivity index (χ0v) is 24.6. The Labute approximate surface area is 248 Å². The summed E-state index contributed by atoms with van der Waals surface area (Å²) in [4.78, 5) is 29.2. The van der Waals surface area contributed by atoms with Gasteiger partial charge in [0.25, 0.3) is 0 Å². The van der Waals surface area contributed by atoms with E-state index in [-0.39, 0.29) is 53.9 Å². The minimum Gasteiger partial charge on any atom is -0.390 e. The van der Waals surface area contributed by atoms with Crippen LogP contribution in [0.1, 0.15) is 81.8 Å². The van der Waals surface area contributed by atoms with Gasteiger partial charge in [0.2, 0.25) is 0 Å². The first-order chi connectivity index (χ1) is 20.1. The van der Waals surface area contributed by atoms with Crippen LogP contribution in [0.2, 0.25) is 0 Å². The number of rotatable bonds is 10. The van der Waals surface area contributed by atoms with Gasteiger partial charge in [0.05, 0.1) is 11.2 Å². The molecule has 1 aliphatic carbocycles. The molecule has 230 valence electrons. The molecule has 2 fully saturated rings. The lowest BCUT2D eigenvalue weighted by atomic mass is 9.68. The van der Waals surface area contributed by atoms with Crippen LogP contribution in [0.5, 0.6) is 0 Å². The molecule has 1 aliphatic heterocycles. The fourth-order valence-electron chi connectivity index (χ4n) is 6.62. The lowest BCUT2D eigenvalue weighted by Gasteiger charge is -2.55. The molecule has 2 aliphatic rings. The predicted molar refractivity (Wildman–Crippen MR) is 151 cm³/mol. The smallest absolute Gasteiger partial charge is 0.185 e. The summed E-state index contributed by atoms with van der Waals surface area (Å²) in [5.41, 5.74) is -1.91. The van der Waals surface area contributed by atoms with Crippen molar-refractivity contribution in [2.45, 2.75) is 82.8 Å². The number of ketones is 2. The zero-order chi connectivity index (χ0) is 31.2. The van der Waals surface area contributed by atoms with E-state index < -0.39 is 39.7 Å². The molecule has 5 rings (SSSR count). The fraction of sp³-hybridized carbons (Fsp3) is 0.485. The molecule has 6 nitrogen and oxygen atoms in total. The third-order valence-corrected chi connectivity index (χ3v) is 9.01. The number of carbonyl (C=O) groups is 2. The van der Waals surface area contributed by atoms with Crippen LogP contribution in [0.3, 0.4) is 0 Å². The molecule has 43 heavy (non-hydrogen) atoms. The highest BCUT2D eigenvalue weighted by Gasteiger charge is 2.49. The fourth-order valence-corrected chi connectivity index (χ4v) is 6.62. The SMILES string of the molecule is CC1(O)CCC(N2CC(CC(=O)CC(C)(C)c3cc(F)cc(F)c3)(CC(=O)c3cc(-c4ccc(F)cc4F)on3)C2)CC1. The molecule has 0 amide bonds. The molecule has 0 radical (unpaired) electrons. The van der Waals surface area contributed by atoms with Crippen molar-refractivity contribution in [3.05, 3.63) is 77.0 Å². The molecule has 0 atom stereocenters. The molecule has 0 spiro atoms. The minimum atomic E-state index is -0.848. The summed E-state index contributed by atoms with van der Waals surface area (Å²) in [6.45, 7) is 6.32. The van der Waals surface area contributed by atoms with Gasteiger partial charge in [-0.25, -0.2) is 17.6 Å². The van der Waals surface area contributed by atoms with Gasteiger partial charge < -0.3 is 9.63 Å². The highest BCUT2D eigenvalue weighted by molar-refractivity contribution is 5.96. The number of likely N-dealkylation sites (tertiary alicyclic amines) is 1. The monoisotopic (exact) mass is 600 g/mol. The van der Waals surface area contributed by atoms with Gasteiger partial charge in [-0.15, -0.1) is 0 Å². The van der Waals surface area contributed by atoms with E-state index in [1.807, 2.05) is 6.92 Å². The van der Waals surface area contributed by atoms with Gasteiger partial charge in [0.15, 0.2) is 11.5 Å². The topological polar surface area (TPSA) is 83.6 Å². The third-order valence-electron chi connectivity index (χ3n) is 9.01. The molecule has 1 aromatic heterocycles. The summed E-state index contributed by atoms with van der Waals surface area (Å²) in [6, 6.07) is 7.78. The summed E-state index contributed by atoms with van der Waals surface area (Å²) in [5.74, 6) is -3.55. The number of carbonyl (C=O) groups excluding carboxylic acids is 2. The van der Waals surface area contributed by atoms with Crippen LogP contribution in [-0.2, 0) is 10.2 Å². The highest BCUT2D eigenvalue weighted by atomic mass is 19.1. The number of aliphatic hydroxyl groups is 1. The maximum Gasteiger partial charge on any atom is 0.185 e. The van der Waals surface area contributed by atoms with E-state index in [0.717, 1.165) is 25.0 Å². The van der Waals surface area contributed by atoms with Crippen molar-refractivity contribution in [1.29, 1.82) is 0 Å². The average molecular weight is 601 g/mol. The number of hydrogen-bond donors (Lipinski definition) is 1. The Morgan fingerprint density at radius 2 is 1.63 bits per heavy atom. The van der Waals surface area contributed by atoms with Crippen LogP contribution in [0.25, 0.3) is 11.3 Å². The largest absolute Gasteiger partial charge is 0.390 e. The summed E-state index contributed by atoms with van der Waals surface area (Å²) in [7, 11) is 0. The first-order valence-electron chi connectivity index (χ1n) is 14.5. The van der Waals surface area contributed by atoms with Gasteiger partial charge >= 0.3 is 0 Å². The maximum atomic E-state index is 14.3. The van der Waals surface area contributed by atoms with E-state index >= 15 is 0 Å². The zero-order valence-electron chi connectivity index (χ0n) is 24.6. The van der Waals surface area contributed by atoms with Crippen molar-refractivity contribution in [3.63, 3.8) is 0 Å². The summed E-state index contributed by atoms with van der Waals surface area (Å²) < 4.78 is 60.7. The van der Waals surface area contributed by atoms with Crippen LogP contribution in [0, 0.1) is 28.7 Å². The number of benzene rings is 2. The normalized spacial score (nSPS) is 22.3. The Kier molecular flexibility index (Phi) is 8.39. The second-order valence-electron chi connectivity index (χ2n) is 13.4. The lowest BCUT2D eigenvalue weighted by molar-refractivity contribution is -0.128. The molecule has 1 N–H and O–H groups in total. The van der Waals surface area contributed by atoms with Crippen molar-refractivity contribution in [2.24, 2.45) is 5.41 Å². The van der Waals surface area contributed by atoms with Gasteiger partial charge in [0.1, 0.15) is 34.7 Å². The van der Waals surface area contributed by atoms with Gasteiger partial charge in [-0.3, -0.25) is 14.5 Å². The maximum absolute atomic E-state index is 14.3. The van der Waals surface area contributed by atoms with Crippen LogP contribution in [-0.4, -0.2) is 51.5 Å². The Morgan fingerprint density at radius 1 is 0.977 bits per heavy atom. The molecule has 2 heterocycles. The van der Waals surface area contributed by atoms with Gasteiger partial charge in [-0.1, -0.05) is 19.0 Å². The van der Waals surface area contributed by atoms with Crippen LogP contribution >= 0.6 is 0 Å². The minimum absolute atomic E-state index is 0.00737. The summed E-state index contributed by atoms with van der Waals surface area (Å²) in [5, 5.41) is 14.2. The van der Waals surface area contributed by atoms with Crippen molar-refractivity contribution in [3.8, 4) is 11.3 Å². The number of nitrogens with zero attached hydrogens (tertiary/aromatic N) is 2. The first-order valence-corrected chi connectivity index (χ1v) is 14.5. The van der Waals surface area contributed by atoms with Crippen molar-refractivity contribution < 1.29 is 36.8 Å². The Bertz CT molecular complexity index is 1500. The van der Waals surface area contributed by atoms with Gasteiger partial charge in [0, 0.05) is 62.0 Å². The molecule has 0 unspecified atom stereocenters. The average Bonchev–Trinajstić information content (AvgIpc) is 3.36. The van der Waals surface area contributed by atoms with E-state index in [9.17, 15) is 32.3 Å². The van der Waals surface area contributed by atoms with Crippen LogP contribution in [0.15, 0.2) is 47.0 Å². The molecular formula is C33H36F4N2O4.